The predicted octanol–water partition coefficient (Wildman–Crippen LogP) is 2.17. The summed E-state index contributed by atoms with van der Waals surface area (Å²) in [7, 11) is 0. The van der Waals surface area contributed by atoms with Gasteiger partial charge >= 0.3 is 0 Å². The van der Waals surface area contributed by atoms with E-state index in [4.69, 9.17) is 11.6 Å². The normalized spacial score (nSPS) is 10.6. The van der Waals surface area contributed by atoms with Gasteiger partial charge in [-0.3, -0.25) is 4.79 Å². The summed E-state index contributed by atoms with van der Waals surface area (Å²) in [5.74, 6) is -0.472. The molecule has 0 spiro atoms. The zero-order valence-corrected chi connectivity index (χ0v) is 10.3. The van der Waals surface area contributed by atoms with E-state index in [9.17, 15) is 14.3 Å². The quantitative estimate of drug-likeness (QED) is 0.877. The third-order valence-electron chi connectivity index (χ3n) is 2.55. The monoisotopic (exact) mass is 268 g/mol. The van der Waals surface area contributed by atoms with E-state index in [2.05, 4.69) is 9.97 Å². The summed E-state index contributed by atoms with van der Waals surface area (Å²) in [6, 6.07) is 3.96. The molecule has 0 atom stereocenters. The molecule has 0 saturated heterocycles. The van der Waals surface area contributed by atoms with Crippen LogP contribution in [0.5, 0.6) is 5.88 Å². The number of aromatic amines is 1. The lowest BCUT2D eigenvalue weighted by Gasteiger charge is -2.05. The van der Waals surface area contributed by atoms with Gasteiger partial charge in [0.15, 0.2) is 0 Å². The highest BCUT2D eigenvalue weighted by Crippen LogP contribution is 2.19. The summed E-state index contributed by atoms with van der Waals surface area (Å²) in [5, 5.41) is 9.70. The van der Waals surface area contributed by atoms with Crippen molar-refractivity contribution in [2.24, 2.45) is 0 Å². The van der Waals surface area contributed by atoms with Crippen LogP contribution in [0, 0.1) is 12.7 Å². The van der Waals surface area contributed by atoms with Crippen molar-refractivity contribution in [1.29, 1.82) is 0 Å². The highest BCUT2D eigenvalue weighted by molar-refractivity contribution is 6.31. The molecule has 0 amide bonds. The van der Waals surface area contributed by atoms with Gasteiger partial charge in [0.2, 0.25) is 5.88 Å². The first kappa shape index (κ1) is 12.6. The standard InChI is InChI=1S/C12H10ClFN2O2/c1-6-11(17)15-10(16-12(6)18)4-7-2-3-8(14)5-9(7)13/h2-3,5H,4H2,1H3,(H2,15,16,17,18). The lowest BCUT2D eigenvalue weighted by molar-refractivity contribution is 0.443. The van der Waals surface area contributed by atoms with Crippen LogP contribution in [0.1, 0.15) is 17.0 Å². The van der Waals surface area contributed by atoms with Gasteiger partial charge in [0.1, 0.15) is 11.6 Å². The average Bonchev–Trinajstić information content (AvgIpc) is 2.29. The summed E-state index contributed by atoms with van der Waals surface area (Å²) in [5.41, 5.74) is 0.365. The summed E-state index contributed by atoms with van der Waals surface area (Å²) in [6.45, 7) is 1.47. The Morgan fingerprint density at radius 2 is 2.22 bits per heavy atom. The number of rotatable bonds is 2. The molecule has 94 valence electrons. The van der Waals surface area contributed by atoms with Gasteiger partial charge in [-0.15, -0.1) is 0 Å². The molecule has 0 unspecified atom stereocenters. The van der Waals surface area contributed by atoms with Crippen LogP contribution in [-0.2, 0) is 6.42 Å². The molecule has 0 radical (unpaired) electrons. The van der Waals surface area contributed by atoms with E-state index < -0.39 is 11.4 Å². The third-order valence-corrected chi connectivity index (χ3v) is 2.90. The average molecular weight is 269 g/mol. The van der Waals surface area contributed by atoms with Crippen molar-refractivity contribution in [1.82, 2.24) is 9.97 Å². The Bertz CT molecular complexity index is 655. The maximum Gasteiger partial charge on any atom is 0.257 e. The second-order valence-corrected chi connectivity index (χ2v) is 4.28. The summed E-state index contributed by atoms with van der Waals surface area (Å²) in [6.07, 6.45) is 0.211. The second kappa shape index (κ2) is 4.78. The molecule has 0 saturated carbocycles. The molecule has 2 rings (SSSR count). The van der Waals surface area contributed by atoms with Crippen LogP contribution in [0.25, 0.3) is 0 Å². The zero-order valence-electron chi connectivity index (χ0n) is 9.50. The van der Waals surface area contributed by atoms with Gasteiger partial charge in [-0.25, -0.2) is 4.39 Å². The molecule has 2 N–H and O–H groups in total. The Balaban J connectivity index is 2.37. The van der Waals surface area contributed by atoms with Gasteiger partial charge in [-0.05, 0) is 24.6 Å². The van der Waals surface area contributed by atoms with E-state index >= 15 is 0 Å². The molecule has 0 bridgehead atoms. The second-order valence-electron chi connectivity index (χ2n) is 3.87. The fraction of sp³-hybridized carbons (Fsp3) is 0.167. The van der Waals surface area contributed by atoms with Gasteiger partial charge in [0.25, 0.3) is 5.56 Å². The number of aromatic nitrogens is 2. The minimum absolute atomic E-state index is 0.156. The highest BCUT2D eigenvalue weighted by Gasteiger charge is 2.09. The minimum atomic E-state index is -0.433. The van der Waals surface area contributed by atoms with Crippen LogP contribution in [-0.4, -0.2) is 15.1 Å². The largest absolute Gasteiger partial charge is 0.493 e. The minimum Gasteiger partial charge on any atom is -0.493 e. The topological polar surface area (TPSA) is 66.0 Å². The third kappa shape index (κ3) is 2.51. The van der Waals surface area contributed by atoms with Gasteiger partial charge in [0.05, 0.1) is 5.56 Å². The molecule has 0 aliphatic heterocycles. The van der Waals surface area contributed by atoms with E-state index in [1.165, 1.54) is 25.1 Å². The molecular formula is C12H10ClFN2O2. The van der Waals surface area contributed by atoms with Crippen LogP contribution in [0.4, 0.5) is 4.39 Å². The van der Waals surface area contributed by atoms with E-state index in [1.54, 1.807) is 0 Å². The maximum atomic E-state index is 12.9. The number of nitrogens with zero attached hydrogens (tertiary/aromatic N) is 1. The fourth-order valence-corrected chi connectivity index (χ4v) is 1.73. The number of benzene rings is 1. The Labute approximate surface area is 107 Å². The number of halogens is 2. The SMILES string of the molecule is Cc1c(O)nc(Cc2ccc(F)cc2Cl)[nH]c1=O. The predicted molar refractivity (Wildman–Crippen MR) is 65.5 cm³/mol. The smallest absolute Gasteiger partial charge is 0.257 e. The van der Waals surface area contributed by atoms with E-state index in [1.807, 2.05) is 0 Å². The Hall–Kier alpha value is -1.88. The van der Waals surface area contributed by atoms with Crippen LogP contribution in [0.3, 0.4) is 0 Å². The van der Waals surface area contributed by atoms with E-state index in [0.29, 0.717) is 5.56 Å². The molecule has 0 fully saturated rings. The van der Waals surface area contributed by atoms with Gasteiger partial charge in [-0.1, -0.05) is 17.7 Å². The van der Waals surface area contributed by atoms with Gasteiger partial charge in [-0.2, -0.15) is 4.98 Å². The molecule has 6 heteroatoms. The number of hydrogen-bond acceptors (Lipinski definition) is 3. The lowest BCUT2D eigenvalue weighted by Crippen LogP contribution is -2.14. The molecular weight excluding hydrogens is 259 g/mol. The molecule has 2 aromatic rings. The van der Waals surface area contributed by atoms with Crippen molar-refractivity contribution < 1.29 is 9.50 Å². The summed E-state index contributed by atoms with van der Waals surface area (Å²) >= 11 is 5.87. The van der Waals surface area contributed by atoms with Gasteiger partial charge in [0, 0.05) is 11.4 Å². The number of nitrogens with one attached hydrogen (secondary N) is 1. The molecule has 0 aliphatic carbocycles. The van der Waals surface area contributed by atoms with Crippen LogP contribution >= 0.6 is 11.6 Å². The van der Waals surface area contributed by atoms with Crippen LogP contribution < -0.4 is 5.56 Å². The first-order valence-corrected chi connectivity index (χ1v) is 5.58. The van der Waals surface area contributed by atoms with Crippen LogP contribution in [0.15, 0.2) is 23.0 Å². The summed E-state index contributed by atoms with van der Waals surface area (Å²) < 4.78 is 12.9. The first-order chi connectivity index (χ1) is 8.47. The van der Waals surface area contributed by atoms with Crippen molar-refractivity contribution in [3.8, 4) is 5.88 Å². The Morgan fingerprint density at radius 1 is 1.50 bits per heavy atom. The highest BCUT2D eigenvalue weighted by atomic mass is 35.5. The van der Waals surface area contributed by atoms with E-state index in [0.717, 1.165) is 0 Å². The molecule has 1 heterocycles. The van der Waals surface area contributed by atoms with Crippen molar-refractivity contribution in [2.45, 2.75) is 13.3 Å². The molecule has 0 aliphatic rings. The molecule has 4 nitrogen and oxygen atoms in total. The number of aromatic hydroxyl groups is 1. The zero-order chi connectivity index (χ0) is 13.3. The number of H-pyrrole nitrogens is 1. The van der Waals surface area contributed by atoms with Gasteiger partial charge < -0.3 is 10.1 Å². The lowest BCUT2D eigenvalue weighted by atomic mass is 10.1. The Morgan fingerprint density at radius 3 is 2.83 bits per heavy atom. The molecule has 18 heavy (non-hydrogen) atoms. The van der Waals surface area contributed by atoms with E-state index in [-0.39, 0.29) is 28.7 Å². The fourth-order valence-electron chi connectivity index (χ4n) is 1.50. The first-order valence-electron chi connectivity index (χ1n) is 5.20. The van der Waals surface area contributed by atoms with Crippen molar-refractivity contribution >= 4 is 11.6 Å². The van der Waals surface area contributed by atoms with Crippen molar-refractivity contribution in [3.05, 3.63) is 56.3 Å². The van der Waals surface area contributed by atoms with Crippen LogP contribution in [0.2, 0.25) is 5.02 Å². The molecule has 1 aromatic carbocycles. The van der Waals surface area contributed by atoms with Crippen molar-refractivity contribution in [3.63, 3.8) is 0 Å². The Kier molecular flexibility index (Phi) is 3.34. The maximum absolute atomic E-state index is 12.9. The number of hydrogen-bond donors (Lipinski definition) is 2. The summed E-state index contributed by atoms with van der Waals surface area (Å²) in [4.78, 5) is 17.8. The van der Waals surface area contributed by atoms with Crippen molar-refractivity contribution in [2.75, 3.05) is 0 Å². The molecule has 1 aromatic heterocycles.